The minimum Gasteiger partial charge on any atom is -0.479 e. The van der Waals surface area contributed by atoms with Crippen LogP contribution in [0, 0.1) is 5.82 Å². The maximum absolute atomic E-state index is 13.6. The van der Waals surface area contributed by atoms with E-state index in [9.17, 15) is 17.6 Å². The standard InChI is InChI=1S/C17H13ClFN3O4S2/c18-13-2-1-3-14(19)16(13)26-10-15(23)21-11-4-6-12(7-5-11)28(24,25)22-17-20-8-9-27-17/h1-9H,10H2,(H,20,22)(H,21,23). The third kappa shape index (κ3) is 4.97. The molecule has 2 aromatic carbocycles. The molecule has 3 rings (SSSR count). The topological polar surface area (TPSA) is 97.4 Å². The summed E-state index contributed by atoms with van der Waals surface area (Å²) in [5.74, 6) is -1.45. The first kappa shape index (κ1) is 20.1. The predicted molar refractivity (Wildman–Crippen MR) is 105 cm³/mol. The summed E-state index contributed by atoms with van der Waals surface area (Å²) in [4.78, 5) is 15.8. The van der Waals surface area contributed by atoms with Crippen LogP contribution < -0.4 is 14.8 Å². The molecule has 0 aliphatic rings. The number of carbonyl (C=O) groups is 1. The number of carbonyl (C=O) groups excluding carboxylic acids is 1. The van der Waals surface area contributed by atoms with Crippen LogP contribution in [0.2, 0.25) is 5.02 Å². The minimum absolute atomic E-state index is 0.00934. The lowest BCUT2D eigenvalue weighted by Crippen LogP contribution is -2.20. The van der Waals surface area contributed by atoms with Gasteiger partial charge in [-0.2, -0.15) is 0 Å². The normalized spacial score (nSPS) is 11.1. The van der Waals surface area contributed by atoms with Crippen LogP contribution in [-0.4, -0.2) is 25.9 Å². The molecule has 0 unspecified atom stereocenters. The summed E-state index contributed by atoms with van der Waals surface area (Å²) in [6.45, 7) is -0.466. The molecule has 0 bridgehead atoms. The van der Waals surface area contributed by atoms with Crippen LogP contribution in [0.15, 0.2) is 58.9 Å². The number of amides is 1. The van der Waals surface area contributed by atoms with E-state index in [0.717, 1.165) is 17.4 Å². The molecule has 0 aliphatic carbocycles. The third-order valence-electron chi connectivity index (χ3n) is 3.37. The molecule has 0 spiro atoms. The fourth-order valence-corrected chi connectivity index (χ4v) is 4.13. The van der Waals surface area contributed by atoms with Gasteiger partial charge >= 0.3 is 0 Å². The summed E-state index contributed by atoms with van der Waals surface area (Å²) in [5.41, 5.74) is 0.349. The predicted octanol–water partition coefficient (Wildman–Crippen LogP) is 3.75. The Hall–Kier alpha value is -2.69. The van der Waals surface area contributed by atoms with E-state index in [1.165, 1.54) is 42.6 Å². The Kier molecular flexibility index (Phi) is 6.12. The second-order valence-electron chi connectivity index (χ2n) is 5.35. The highest BCUT2D eigenvalue weighted by Crippen LogP contribution is 2.27. The average molecular weight is 442 g/mol. The Morgan fingerprint density at radius 3 is 2.61 bits per heavy atom. The molecule has 1 aromatic heterocycles. The van der Waals surface area contributed by atoms with E-state index in [4.69, 9.17) is 16.3 Å². The molecular formula is C17H13ClFN3O4S2. The van der Waals surface area contributed by atoms with E-state index < -0.39 is 28.4 Å². The van der Waals surface area contributed by atoms with Gasteiger partial charge in [0.2, 0.25) is 0 Å². The Morgan fingerprint density at radius 2 is 1.96 bits per heavy atom. The molecule has 0 radical (unpaired) electrons. The van der Waals surface area contributed by atoms with Crippen molar-refractivity contribution < 1.29 is 22.3 Å². The summed E-state index contributed by atoms with van der Waals surface area (Å²) in [7, 11) is -3.78. The van der Waals surface area contributed by atoms with Gasteiger partial charge in [-0.25, -0.2) is 17.8 Å². The van der Waals surface area contributed by atoms with E-state index in [0.29, 0.717) is 5.69 Å². The molecule has 1 heterocycles. The first-order chi connectivity index (χ1) is 13.3. The molecule has 7 nitrogen and oxygen atoms in total. The molecular weight excluding hydrogens is 429 g/mol. The third-order valence-corrected chi connectivity index (χ3v) is 5.84. The molecule has 1 amide bonds. The number of thiazole rings is 1. The first-order valence-electron chi connectivity index (χ1n) is 7.74. The zero-order chi connectivity index (χ0) is 20.1. The Bertz CT molecular complexity index is 1050. The number of anilines is 2. The summed E-state index contributed by atoms with van der Waals surface area (Å²) in [6, 6.07) is 9.54. The van der Waals surface area contributed by atoms with Crippen molar-refractivity contribution >= 4 is 49.7 Å². The van der Waals surface area contributed by atoms with E-state index in [-0.39, 0.29) is 20.8 Å². The largest absolute Gasteiger partial charge is 0.479 e. The minimum atomic E-state index is -3.78. The van der Waals surface area contributed by atoms with Gasteiger partial charge in [0.1, 0.15) is 0 Å². The van der Waals surface area contributed by atoms with E-state index >= 15 is 0 Å². The van der Waals surface area contributed by atoms with Gasteiger partial charge in [0.15, 0.2) is 23.3 Å². The molecule has 146 valence electrons. The number of ether oxygens (including phenoxy) is 1. The van der Waals surface area contributed by atoms with Gasteiger partial charge in [-0.3, -0.25) is 9.52 Å². The van der Waals surface area contributed by atoms with Crippen LogP contribution in [0.25, 0.3) is 0 Å². The molecule has 2 N–H and O–H groups in total. The zero-order valence-electron chi connectivity index (χ0n) is 14.1. The van der Waals surface area contributed by atoms with Crippen LogP contribution in [0.1, 0.15) is 0 Å². The lowest BCUT2D eigenvalue weighted by atomic mass is 10.3. The molecule has 0 aliphatic heterocycles. The van der Waals surface area contributed by atoms with Crippen LogP contribution >= 0.6 is 22.9 Å². The van der Waals surface area contributed by atoms with Crippen molar-refractivity contribution in [3.05, 3.63) is 64.9 Å². The number of benzene rings is 2. The monoisotopic (exact) mass is 441 g/mol. The highest BCUT2D eigenvalue weighted by Gasteiger charge is 2.16. The second kappa shape index (κ2) is 8.55. The molecule has 3 aromatic rings. The van der Waals surface area contributed by atoms with Gasteiger partial charge < -0.3 is 10.1 Å². The first-order valence-corrected chi connectivity index (χ1v) is 10.5. The number of nitrogens with zero attached hydrogens (tertiary/aromatic N) is 1. The van der Waals surface area contributed by atoms with Crippen molar-refractivity contribution in [2.24, 2.45) is 0 Å². The van der Waals surface area contributed by atoms with E-state index in [1.54, 1.807) is 5.38 Å². The highest BCUT2D eigenvalue weighted by atomic mass is 35.5. The van der Waals surface area contributed by atoms with Crippen LogP contribution in [0.5, 0.6) is 5.75 Å². The highest BCUT2D eigenvalue weighted by molar-refractivity contribution is 7.93. The van der Waals surface area contributed by atoms with Gasteiger partial charge in [0, 0.05) is 17.3 Å². The molecule has 11 heteroatoms. The molecule has 0 fully saturated rings. The quantitative estimate of drug-likeness (QED) is 0.582. The lowest BCUT2D eigenvalue weighted by molar-refractivity contribution is -0.118. The van der Waals surface area contributed by atoms with Crippen molar-refractivity contribution in [1.82, 2.24) is 4.98 Å². The van der Waals surface area contributed by atoms with Crippen molar-refractivity contribution in [2.75, 3.05) is 16.6 Å². The smallest absolute Gasteiger partial charge is 0.263 e. The van der Waals surface area contributed by atoms with Crippen molar-refractivity contribution in [1.29, 1.82) is 0 Å². The molecule has 0 saturated carbocycles. The van der Waals surface area contributed by atoms with Crippen LogP contribution in [-0.2, 0) is 14.8 Å². The zero-order valence-corrected chi connectivity index (χ0v) is 16.4. The summed E-state index contributed by atoms with van der Waals surface area (Å²) < 4.78 is 45.6. The van der Waals surface area contributed by atoms with Crippen LogP contribution in [0.3, 0.4) is 0 Å². The number of sulfonamides is 1. The maximum atomic E-state index is 13.6. The number of hydrogen-bond donors (Lipinski definition) is 2. The lowest BCUT2D eigenvalue weighted by Gasteiger charge is -2.10. The number of rotatable bonds is 7. The van der Waals surface area contributed by atoms with Crippen molar-refractivity contribution in [2.45, 2.75) is 4.90 Å². The average Bonchev–Trinajstić information content (AvgIpc) is 3.14. The van der Waals surface area contributed by atoms with Crippen molar-refractivity contribution in [3.63, 3.8) is 0 Å². The summed E-state index contributed by atoms with van der Waals surface area (Å²) >= 11 is 6.97. The number of hydrogen-bond acceptors (Lipinski definition) is 6. The molecule has 0 atom stereocenters. The van der Waals surface area contributed by atoms with Gasteiger partial charge in [0.05, 0.1) is 9.92 Å². The second-order valence-corrected chi connectivity index (χ2v) is 8.34. The number of nitrogens with one attached hydrogen (secondary N) is 2. The van der Waals surface area contributed by atoms with E-state index in [2.05, 4.69) is 15.0 Å². The fourth-order valence-electron chi connectivity index (χ4n) is 2.12. The Balaban J connectivity index is 1.60. The number of para-hydroxylation sites is 1. The Labute approximate surface area is 169 Å². The van der Waals surface area contributed by atoms with Crippen molar-refractivity contribution in [3.8, 4) is 5.75 Å². The van der Waals surface area contributed by atoms with E-state index in [1.807, 2.05) is 0 Å². The summed E-state index contributed by atoms with van der Waals surface area (Å²) in [6.07, 6.45) is 1.48. The van der Waals surface area contributed by atoms with Gasteiger partial charge in [0.25, 0.3) is 15.9 Å². The number of aromatic nitrogens is 1. The SMILES string of the molecule is O=C(COc1c(F)cccc1Cl)Nc1ccc(S(=O)(=O)Nc2nccs2)cc1. The fraction of sp³-hybridized carbons (Fsp3) is 0.0588. The summed E-state index contributed by atoms with van der Waals surface area (Å²) in [5, 5.41) is 4.47. The number of halogens is 2. The van der Waals surface area contributed by atoms with Crippen LogP contribution in [0.4, 0.5) is 15.2 Å². The van der Waals surface area contributed by atoms with Gasteiger partial charge in [-0.15, -0.1) is 11.3 Å². The van der Waals surface area contributed by atoms with Gasteiger partial charge in [-0.1, -0.05) is 17.7 Å². The molecule has 0 saturated heterocycles. The maximum Gasteiger partial charge on any atom is 0.263 e. The Morgan fingerprint density at radius 1 is 1.21 bits per heavy atom. The van der Waals surface area contributed by atoms with Gasteiger partial charge in [-0.05, 0) is 36.4 Å². The molecule has 28 heavy (non-hydrogen) atoms.